The Morgan fingerprint density at radius 1 is 0.982 bits per heavy atom. The van der Waals surface area contributed by atoms with Crippen LogP contribution in [0.3, 0.4) is 0 Å². The topological polar surface area (TPSA) is 215 Å². The van der Waals surface area contributed by atoms with Gasteiger partial charge in [0.1, 0.15) is 35.2 Å². The molecule has 57 heavy (non-hydrogen) atoms. The average Bonchev–Trinajstić information content (AvgIpc) is 4.11. The van der Waals surface area contributed by atoms with Crippen molar-refractivity contribution in [3.8, 4) is 28.8 Å². The van der Waals surface area contributed by atoms with Gasteiger partial charge in [-0.3, -0.25) is 19.1 Å². The maximum absolute atomic E-state index is 14.6. The average molecular weight is 805 g/mol. The number of fused-ring (bicyclic) bond motifs is 3. The normalized spacial score (nSPS) is 28.5. The number of sulfonamides is 1. The number of benzene rings is 2. The third-order valence-electron chi connectivity index (χ3n) is 11.4. The molecule has 17 heteroatoms. The zero-order valence-corrected chi connectivity index (χ0v) is 33.1. The van der Waals surface area contributed by atoms with Gasteiger partial charge in [-0.1, -0.05) is 26.0 Å². The maximum atomic E-state index is 14.6. The van der Waals surface area contributed by atoms with E-state index in [1.807, 2.05) is 19.1 Å². The molecule has 2 saturated carbocycles. The molecule has 16 nitrogen and oxygen atoms in total. The smallest absolute Gasteiger partial charge is 0.405 e. The number of rotatable bonds is 9. The molecule has 0 unspecified atom stereocenters. The largest absolute Gasteiger partial charge is 0.497 e. The monoisotopic (exact) mass is 804 g/mol. The number of amides is 4. The van der Waals surface area contributed by atoms with E-state index in [0.29, 0.717) is 59.5 Å². The fourth-order valence-corrected chi connectivity index (χ4v) is 9.32. The molecule has 4 N–H and O–H groups in total. The van der Waals surface area contributed by atoms with Gasteiger partial charge in [0, 0.05) is 24.0 Å². The lowest BCUT2D eigenvalue weighted by Gasteiger charge is -2.32. The molecular weight excluding hydrogens is 757 g/mol. The molecule has 0 radical (unpaired) electrons. The van der Waals surface area contributed by atoms with Crippen LogP contribution in [0, 0.1) is 17.8 Å². The summed E-state index contributed by atoms with van der Waals surface area (Å²) in [7, 11) is -0.825. The van der Waals surface area contributed by atoms with Crippen LogP contribution in [0.5, 0.6) is 17.4 Å². The summed E-state index contributed by atoms with van der Waals surface area (Å²) in [6.07, 6.45) is 4.47. The zero-order chi connectivity index (χ0) is 40.6. The molecule has 3 heterocycles. The highest BCUT2D eigenvalue weighted by atomic mass is 32.2. The van der Waals surface area contributed by atoms with Crippen molar-refractivity contribution >= 4 is 44.7 Å². The van der Waals surface area contributed by atoms with Crippen LogP contribution >= 0.6 is 0 Å². The molecule has 0 spiro atoms. The van der Waals surface area contributed by atoms with Crippen molar-refractivity contribution in [2.24, 2.45) is 17.8 Å². The zero-order valence-electron chi connectivity index (χ0n) is 32.3. The first kappa shape index (κ1) is 39.8. The number of carboxylic acid groups (broad SMARTS) is 1. The number of hydrogen-bond donors (Lipinski definition) is 4. The lowest BCUT2D eigenvalue weighted by atomic mass is 9.88. The number of nitrogens with zero attached hydrogens (tertiary/aromatic N) is 3. The lowest BCUT2D eigenvalue weighted by molar-refractivity contribution is -0.142. The Labute approximate surface area is 330 Å². The Morgan fingerprint density at radius 3 is 2.39 bits per heavy atom. The van der Waals surface area contributed by atoms with Crippen molar-refractivity contribution in [1.82, 2.24) is 30.2 Å². The summed E-state index contributed by atoms with van der Waals surface area (Å²) in [5, 5.41) is 15.0. The summed E-state index contributed by atoms with van der Waals surface area (Å²) in [4.78, 5) is 65.7. The molecule has 1 aromatic heterocycles. The van der Waals surface area contributed by atoms with Crippen molar-refractivity contribution in [3.05, 3.63) is 54.6 Å². The number of allylic oxidation sites excluding steroid dienone is 1. The van der Waals surface area contributed by atoms with Gasteiger partial charge in [0.15, 0.2) is 5.82 Å². The van der Waals surface area contributed by atoms with Crippen LogP contribution in [0.2, 0.25) is 0 Å². The molecule has 2 aliphatic carbocycles. The number of carbonyl (C=O) groups excluding carboxylic acids is 3. The molecule has 2 aromatic carbocycles. The second-order valence-corrected chi connectivity index (χ2v) is 17.6. The standard InChI is InChI=1S/C40H48N6O10S/c1-22-7-5-6-8-25-20-40(25,38(49)45-57(52,53)29-14-15-29)44-35(47)32-19-28(21-46(32)37(48)33(23(2)17-22)42-39(50)51)56-36-30-16-13-27(55-4)18-31(30)41-34(43-36)24-9-11-26(54-3)12-10-24/h6,8-13,16,18,22-23,25,28-29,32-33,42H,5,7,14-15,17,19-21H2,1-4H3,(H,44,47)(H,45,49)(H,50,51)/b8-6-/t22-,23+,25+,28+,32-,33-,40+/m0/s1. The van der Waals surface area contributed by atoms with E-state index in [-0.39, 0.29) is 31.2 Å². The van der Waals surface area contributed by atoms with Gasteiger partial charge >= 0.3 is 6.09 Å². The summed E-state index contributed by atoms with van der Waals surface area (Å²) in [6.45, 7) is 3.71. The van der Waals surface area contributed by atoms with Crippen molar-refractivity contribution in [1.29, 1.82) is 0 Å². The van der Waals surface area contributed by atoms with Crippen LogP contribution in [-0.4, -0.2) is 102 Å². The summed E-state index contributed by atoms with van der Waals surface area (Å²) in [5.41, 5.74) is -0.372. The Hall–Kier alpha value is -5.45. The molecule has 7 atom stereocenters. The SMILES string of the molecule is COc1ccc(-c2nc(O[C@@H]3C[C@H]4C(=O)N[C@]5(C(=O)NS(=O)(=O)C6CC6)C[C@H]5/C=C\CC[C@H](C)C[C@@H](C)[C@H](NC(=O)O)C(=O)N4C3)c3ccc(OC)cc3n2)cc1. The molecule has 4 aliphatic rings. The van der Waals surface area contributed by atoms with E-state index >= 15 is 0 Å². The lowest BCUT2D eigenvalue weighted by Crippen LogP contribution is -2.59. The highest BCUT2D eigenvalue weighted by Crippen LogP contribution is 2.46. The van der Waals surface area contributed by atoms with Crippen LogP contribution in [0.15, 0.2) is 54.6 Å². The minimum Gasteiger partial charge on any atom is -0.497 e. The summed E-state index contributed by atoms with van der Waals surface area (Å²) in [5.74, 6) is -1.22. The number of methoxy groups -OCH3 is 2. The fraction of sp³-hybridized carbons (Fsp3) is 0.500. The highest BCUT2D eigenvalue weighted by molar-refractivity contribution is 7.91. The van der Waals surface area contributed by atoms with Gasteiger partial charge in [-0.15, -0.1) is 0 Å². The second kappa shape index (κ2) is 15.8. The fourth-order valence-electron chi connectivity index (χ4n) is 7.95. The maximum Gasteiger partial charge on any atom is 0.405 e. The predicted molar refractivity (Wildman–Crippen MR) is 208 cm³/mol. The van der Waals surface area contributed by atoms with E-state index < -0.39 is 74.7 Å². The third kappa shape index (κ3) is 8.48. The van der Waals surface area contributed by atoms with Crippen molar-refractivity contribution in [2.75, 3.05) is 20.8 Å². The van der Waals surface area contributed by atoms with Gasteiger partial charge in [-0.25, -0.2) is 18.2 Å². The summed E-state index contributed by atoms with van der Waals surface area (Å²) < 4.78 is 45.3. The Kier molecular flexibility index (Phi) is 11.0. The molecule has 3 fully saturated rings. The molecule has 4 amide bonds. The van der Waals surface area contributed by atoms with E-state index in [1.54, 1.807) is 63.6 Å². The number of ether oxygens (including phenoxy) is 3. The van der Waals surface area contributed by atoms with Crippen molar-refractivity contribution in [3.63, 3.8) is 0 Å². The Morgan fingerprint density at radius 2 is 1.70 bits per heavy atom. The van der Waals surface area contributed by atoms with Crippen molar-refractivity contribution < 1.29 is 46.9 Å². The van der Waals surface area contributed by atoms with Gasteiger partial charge in [0.25, 0.3) is 5.91 Å². The number of aromatic nitrogens is 2. The minimum atomic E-state index is -3.93. The van der Waals surface area contributed by atoms with Gasteiger partial charge in [-0.2, -0.15) is 4.98 Å². The molecule has 1 saturated heterocycles. The number of carbonyl (C=O) groups is 4. The number of nitrogens with one attached hydrogen (secondary N) is 3. The molecule has 2 aliphatic heterocycles. The third-order valence-corrected chi connectivity index (χ3v) is 13.2. The first-order chi connectivity index (χ1) is 27.2. The summed E-state index contributed by atoms with van der Waals surface area (Å²) in [6, 6.07) is 9.99. The first-order valence-electron chi connectivity index (χ1n) is 19.2. The van der Waals surface area contributed by atoms with Crippen LogP contribution in [0.25, 0.3) is 22.3 Å². The quantitative estimate of drug-likeness (QED) is 0.228. The van der Waals surface area contributed by atoms with Crippen LogP contribution in [0.4, 0.5) is 4.79 Å². The molecule has 0 bridgehead atoms. The molecular formula is C40H48N6O10S. The molecule has 3 aromatic rings. The minimum absolute atomic E-state index is 0.0414. The van der Waals surface area contributed by atoms with E-state index in [9.17, 15) is 32.7 Å². The van der Waals surface area contributed by atoms with E-state index in [4.69, 9.17) is 24.2 Å². The van der Waals surface area contributed by atoms with Gasteiger partial charge < -0.3 is 34.9 Å². The molecule has 304 valence electrons. The highest BCUT2D eigenvalue weighted by Gasteiger charge is 2.62. The van der Waals surface area contributed by atoms with Crippen LogP contribution < -0.4 is 29.6 Å². The summed E-state index contributed by atoms with van der Waals surface area (Å²) >= 11 is 0. The predicted octanol–water partition coefficient (Wildman–Crippen LogP) is 3.79. The van der Waals surface area contributed by atoms with E-state index in [1.165, 1.54) is 4.90 Å². The van der Waals surface area contributed by atoms with E-state index in [2.05, 4.69) is 15.4 Å². The Bertz CT molecular complexity index is 2200. The van der Waals surface area contributed by atoms with E-state index in [0.717, 1.165) is 6.42 Å². The molecule has 7 rings (SSSR count). The first-order valence-corrected chi connectivity index (χ1v) is 20.8. The number of hydrogen-bond acceptors (Lipinski definition) is 11. The van der Waals surface area contributed by atoms with Gasteiger partial charge in [-0.05, 0) is 86.8 Å². The van der Waals surface area contributed by atoms with Crippen LogP contribution in [-0.2, 0) is 24.4 Å². The van der Waals surface area contributed by atoms with Crippen molar-refractivity contribution in [2.45, 2.75) is 87.8 Å². The van der Waals surface area contributed by atoms with Crippen LogP contribution in [0.1, 0.15) is 58.8 Å². The van der Waals surface area contributed by atoms with Gasteiger partial charge in [0.05, 0.1) is 36.9 Å². The van der Waals surface area contributed by atoms with Gasteiger partial charge in [0.2, 0.25) is 27.7 Å². The second-order valence-electron chi connectivity index (χ2n) is 15.6. The Balaban J connectivity index is 1.25.